The van der Waals surface area contributed by atoms with Gasteiger partial charge in [-0.15, -0.1) is 31.4 Å². The average molecular weight is 303 g/mol. The quantitative estimate of drug-likeness (QED) is 0.858. The second-order valence-electron chi connectivity index (χ2n) is 4.74. The summed E-state index contributed by atoms with van der Waals surface area (Å²) < 4.78 is 0. The predicted octanol–water partition coefficient (Wildman–Crippen LogP) is 3.36. The number of rotatable bonds is 4. The van der Waals surface area contributed by atoms with Gasteiger partial charge in [0.1, 0.15) is 0 Å². The van der Waals surface area contributed by atoms with E-state index in [2.05, 4.69) is 48.0 Å². The molecule has 2 nitrogen and oxygen atoms in total. The van der Waals surface area contributed by atoms with Gasteiger partial charge in [-0.1, -0.05) is 35.9 Å². The van der Waals surface area contributed by atoms with Crippen molar-refractivity contribution in [2.24, 2.45) is 0 Å². The monoisotopic (exact) mass is 302 g/mol. The Balaban J connectivity index is 0.00000162. The molecule has 1 aromatic rings. The lowest BCUT2D eigenvalue weighted by molar-refractivity contribution is 0.174. The van der Waals surface area contributed by atoms with Crippen LogP contribution in [0.25, 0.3) is 0 Å². The van der Waals surface area contributed by atoms with Crippen LogP contribution in [0.5, 0.6) is 0 Å². The summed E-state index contributed by atoms with van der Waals surface area (Å²) in [5.74, 6) is 0. The lowest BCUT2D eigenvalue weighted by Gasteiger charge is -2.35. The molecule has 0 aromatic heterocycles. The van der Waals surface area contributed by atoms with Crippen LogP contribution in [0.2, 0.25) is 0 Å². The van der Waals surface area contributed by atoms with Gasteiger partial charge >= 0.3 is 0 Å². The van der Waals surface area contributed by atoms with E-state index in [1.807, 2.05) is 6.08 Å². The van der Waals surface area contributed by atoms with Crippen LogP contribution in [0, 0.1) is 6.92 Å². The summed E-state index contributed by atoms with van der Waals surface area (Å²) in [5.41, 5.74) is 2.76. The summed E-state index contributed by atoms with van der Waals surface area (Å²) in [4.78, 5) is 2.56. The van der Waals surface area contributed by atoms with Gasteiger partial charge in [-0.3, -0.25) is 4.90 Å². The minimum atomic E-state index is 0. The summed E-state index contributed by atoms with van der Waals surface area (Å²) in [6.45, 7) is 10.5. The van der Waals surface area contributed by atoms with E-state index in [1.54, 1.807) is 0 Å². The molecule has 108 valence electrons. The van der Waals surface area contributed by atoms with Gasteiger partial charge < -0.3 is 5.32 Å². The maximum absolute atomic E-state index is 3.90. The van der Waals surface area contributed by atoms with Gasteiger partial charge in [-0.05, 0) is 18.9 Å². The van der Waals surface area contributed by atoms with Gasteiger partial charge in [0.15, 0.2) is 0 Å². The van der Waals surface area contributed by atoms with E-state index in [9.17, 15) is 0 Å². The van der Waals surface area contributed by atoms with Crippen molar-refractivity contribution in [2.75, 3.05) is 26.2 Å². The number of hydrogen-bond donors (Lipinski definition) is 1. The third kappa shape index (κ3) is 5.15. The van der Waals surface area contributed by atoms with Gasteiger partial charge in [0, 0.05) is 32.2 Å². The zero-order valence-electron chi connectivity index (χ0n) is 11.5. The third-order valence-electron chi connectivity index (χ3n) is 3.41. The number of aryl methyl sites for hydroxylation is 1. The number of nitrogens with one attached hydrogen (secondary N) is 1. The largest absolute Gasteiger partial charge is 0.314 e. The Bertz CT molecular complexity index is 376. The maximum atomic E-state index is 3.90. The molecule has 1 atom stereocenters. The molecule has 2 rings (SSSR count). The number of piperazine rings is 1. The van der Waals surface area contributed by atoms with E-state index < -0.39 is 0 Å². The van der Waals surface area contributed by atoms with Crippen LogP contribution in [0.15, 0.2) is 36.9 Å². The first kappa shape index (κ1) is 18.5. The van der Waals surface area contributed by atoms with Crippen molar-refractivity contribution >= 4 is 24.8 Å². The summed E-state index contributed by atoms with van der Waals surface area (Å²) in [6, 6.07) is 9.35. The van der Waals surface area contributed by atoms with Crippen LogP contribution < -0.4 is 5.32 Å². The van der Waals surface area contributed by atoms with Crippen LogP contribution in [-0.4, -0.2) is 31.1 Å². The Hall–Kier alpha value is -0.540. The van der Waals surface area contributed by atoms with Crippen molar-refractivity contribution < 1.29 is 0 Å². The highest BCUT2D eigenvalue weighted by atomic mass is 35.5. The number of hydrogen-bond acceptors (Lipinski definition) is 2. The van der Waals surface area contributed by atoms with Crippen LogP contribution in [0.3, 0.4) is 0 Å². The van der Waals surface area contributed by atoms with E-state index in [1.165, 1.54) is 11.1 Å². The molecule has 0 bridgehead atoms. The fraction of sp³-hybridized carbons (Fsp3) is 0.467. The molecule has 0 aliphatic carbocycles. The number of halogens is 2. The van der Waals surface area contributed by atoms with Gasteiger partial charge in [0.2, 0.25) is 0 Å². The minimum Gasteiger partial charge on any atom is -0.314 e. The van der Waals surface area contributed by atoms with Crippen molar-refractivity contribution in [3.63, 3.8) is 0 Å². The van der Waals surface area contributed by atoms with Crippen molar-refractivity contribution in [2.45, 2.75) is 19.4 Å². The highest BCUT2D eigenvalue weighted by molar-refractivity contribution is 5.85. The first-order chi connectivity index (χ1) is 8.31. The Labute approximate surface area is 129 Å². The molecule has 0 radical (unpaired) electrons. The number of nitrogens with zero attached hydrogens (tertiary/aromatic N) is 1. The second-order valence-corrected chi connectivity index (χ2v) is 4.74. The molecule has 1 aliphatic rings. The van der Waals surface area contributed by atoms with Crippen molar-refractivity contribution in [1.29, 1.82) is 0 Å². The van der Waals surface area contributed by atoms with Crippen molar-refractivity contribution in [3.8, 4) is 0 Å². The van der Waals surface area contributed by atoms with Gasteiger partial charge in [-0.2, -0.15) is 0 Å². The molecule has 4 heteroatoms. The lowest BCUT2D eigenvalue weighted by Crippen LogP contribution is -2.45. The standard InChI is InChI=1S/C15H22N2.2ClH/c1-3-5-15(17-10-8-16-9-11-17)14-7-4-6-13(2)12-14;;/h3-4,6-7,12,15-16H,1,5,8-11H2,2H3;2*1H/t15-;;/m1../s1. The molecule has 1 aliphatic heterocycles. The topological polar surface area (TPSA) is 15.3 Å². The van der Waals surface area contributed by atoms with E-state index in [0.29, 0.717) is 6.04 Å². The molecule has 1 aromatic carbocycles. The van der Waals surface area contributed by atoms with Crippen LogP contribution in [0.1, 0.15) is 23.6 Å². The minimum absolute atomic E-state index is 0. The third-order valence-corrected chi connectivity index (χ3v) is 3.41. The van der Waals surface area contributed by atoms with Gasteiger partial charge in [0.25, 0.3) is 0 Å². The predicted molar refractivity (Wildman–Crippen MR) is 87.7 cm³/mol. The van der Waals surface area contributed by atoms with Gasteiger partial charge in [0.05, 0.1) is 0 Å². The fourth-order valence-corrected chi connectivity index (χ4v) is 2.53. The normalized spacial score (nSPS) is 16.9. The van der Waals surface area contributed by atoms with Crippen LogP contribution in [0.4, 0.5) is 0 Å². The molecule has 0 spiro atoms. The van der Waals surface area contributed by atoms with E-state index >= 15 is 0 Å². The summed E-state index contributed by atoms with van der Waals surface area (Å²) in [6.07, 6.45) is 3.07. The molecular formula is C15H24Cl2N2. The molecule has 0 amide bonds. The SMILES string of the molecule is C=CC[C@H](c1cccc(C)c1)N1CCNCC1.Cl.Cl. The lowest BCUT2D eigenvalue weighted by atomic mass is 9.99. The van der Waals surface area contributed by atoms with Crippen molar-refractivity contribution in [1.82, 2.24) is 10.2 Å². The first-order valence-corrected chi connectivity index (χ1v) is 6.43. The first-order valence-electron chi connectivity index (χ1n) is 6.43. The molecule has 0 unspecified atom stereocenters. The Morgan fingerprint density at radius 1 is 1.32 bits per heavy atom. The maximum Gasteiger partial charge on any atom is 0.0383 e. The molecule has 1 N–H and O–H groups in total. The number of benzene rings is 1. The molecule has 0 saturated carbocycles. The Morgan fingerprint density at radius 2 is 2.00 bits per heavy atom. The van der Waals surface area contributed by atoms with Crippen molar-refractivity contribution in [3.05, 3.63) is 48.0 Å². The summed E-state index contributed by atoms with van der Waals surface area (Å²) >= 11 is 0. The van der Waals surface area contributed by atoms with Crippen LogP contribution in [-0.2, 0) is 0 Å². The molecule has 1 heterocycles. The van der Waals surface area contributed by atoms with E-state index in [4.69, 9.17) is 0 Å². The zero-order valence-corrected chi connectivity index (χ0v) is 13.1. The Kier molecular flexibility index (Phi) is 9.11. The fourth-order valence-electron chi connectivity index (χ4n) is 2.53. The summed E-state index contributed by atoms with van der Waals surface area (Å²) in [5, 5.41) is 3.41. The highest BCUT2D eigenvalue weighted by Gasteiger charge is 2.20. The highest BCUT2D eigenvalue weighted by Crippen LogP contribution is 2.25. The Morgan fingerprint density at radius 3 is 2.58 bits per heavy atom. The zero-order chi connectivity index (χ0) is 12.1. The molecular weight excluding hydrogens is 279 g/mol. The van der Waals surface area contributed by atoms with Gasteiger partial charge in [-0.25, -0.2) is 0 Å². The second kappa shape index (κ2) is 9.38. The molecule has 1 fully saturated rings. The average Bonchev–Trinajstić information content (AvgIpc) is 2.37. The molecule has 1 saturated heterocycles. The van der Waals surface area contributed by atoms with Crippen LogP contribution >= 0.6 is 24.8 Å². The van der Waals surface area contributed by atoms with E-state index in [0.717, 1.165) is 32.6 Å². The summed E-state index contributed by atoms with van der Waals surface area (Å²) in [7, 11) is 0. The molecule has 19 heavy (non-hydrogen) atoms. The smallest absolute Gasteiger partial charge is 0.0383 e. The van der Waals surface area contributed by atoms with E-state index in [-0.39, 0.29) is 24.8 Å².